The van der Waals surface area contributed by atoms with E-state index in [2.05, 4.69) is 42.5 Å². The largest absolute Gasteiger partial charge is 0.496 e. The smallest absolute Gasteiger partial charge is 0.122 e. The van der Waals surface area contributed by atoms with Crippen molar-refractivity contribution in [2.24, 2.45) is 7.05 Å². The Morgan fingerprint density at radius 2 is 2.24 bits per heavy atom. The van der Waals surface area contributed by atoms with E-state index in [1.54, 1.807) is 18.9 Å². The Morgan fingerprint density at radius 3 is 2.86 bits per heavy atom. The number of nitrogens with one attached hydrogen (secondary N) is 1. The lowest BCUT2D eigenvalue weighted by atomic mass is 10.0. The fraction of sp³-hybridized carbons (Fsp3) is 0.438. The second-order valence-corrected chi connectivity index (χ2v) is 6.04. The summed E-state index contributed by atoms with van der Waals surface area (Å²) in [6.07, 6.45) is 3.92. The lowest BCUT2D eigenvalue weighted by Gasteiger charge is -2.16. The van der Waals surface area contributed by atoms with Crippen LogP contribution in [-0.2, 0) is 12.8 Å². The normalized spacial score (nSPS) is 12.4. The van der Waals surface area contributed by atoms with Gasteiger partial charge in [-0.25, -0.2) is 0 Å². The van der Waals surface area contributed by atoms with E-state index < -0.39 is 0 Å². The molecule has 2 rings (SSSR count). The standard InChI is InChI=1S/C16H23N3OS/c1-5-17-12(2)13-6-7-16(20-4)14(8-13)11-21-15-9-18-19(3)10-15/h6-10,12,17H,5,11H2,1-4H3. The van der Waals surface area contributed by atoms with Crippen LogP contribution >= 0.6 is 11.8 Å². The molecule has 0 amide bonds. The number of rotatable bonds is 7. The number of aryl methyl sites for hydroxylation is 1. The number of benzene rings is 1. The van der Waals surface area contributed by atoms with E-state index in [1.807, 2.05) is 24.1 Å². The van der Waals surface area contributed by atoms with E-state index in [9.17, 15) is 0 Å². The van der Waals surface area contributed by atoms with Crippen molar-refractivity contribution in [3.63, 3.8) is 0 Å². The third kappa shape index (κ3) is 4.25. The summed E-state index contributed by atoms with van der Waals surface area (Å²) < 4.78 is 7.30. The molecule has 1 N–H and O–H groups in total. The summed E-state index contributed by atoms with van der Waals surface area (Å²) in [7, 11) is 3.66. The van der Waals surface area contributed by atoms with Crippen LogP contribution in [0.4, 0.5) is 0 Å². The summed E-state index contributed by atoms with van der Waals surface area (Å²) in [5.74, 6) is 1.82. The first-order chi connectivity index (χ1) is 10.1. The predicted octanol–water partition coefficient (Wildman–Crippen LogP) is 3.39. The minimum Gasteiger partial charge on any atom is -0.496 e. The van der Waals surface area contributed by atoms with Gasteiger partial charge in [-0.05, 0) is 31.2 Å². The summed E-state index contributed by atoms with van der Waals surface area (Å²) in [5, 5.41) is 7.64. The van der Waals surface area contributed by atoms with E-state index >= 15 is 0 Å². The molecule has 2 aromatic rings. The van der Waals surface area contributed by atoms with Gasteiger partial charge in [0.1, 0.15) is 5.75 Å². The molecular weight excluding hydrogens is 282 g/mol. The van der Waals surface area contributed by atoms with E-state index in [4.69, 9.17) is 4.74 Å². The molecule has 0 spiro atoms. The number of nitrogens with zero attached hydrogens (tertiary/aromatic N) is 2. The zero-order valence-electron chi connectivity index (χ0n) is 13.1. The molecule has 5 heteroatoms. The molecule has 1 aromatic carbocycles. The van der Waals surface area contributed by atoms with E-state index in [0.29, 0.717) is 6.04 Å². The van der Waals surface area contributed by atoms with Crippen molar-refractivity contribution >= 4 is 11.8 Å². The quantitative estimate of drug-likeness (QED) is 0.796. The summed E-state index contributed by atoms with van der Waals surface area (Å²) in [4.78, 5) is 1.17. The van der Waals surface area contributed by atoms with E-state index in [1.165, 1.54) is 16.0 Å². The van der Waals surface area contributed by atoms with Gasteiger partial charge in [0.05, 0.1) is 13.3 Å². The lowest BCUT2D eigenvalue weighted by molar-refractivity contribution is 0.411. The van der Waals surface area contributed by atoms with Crippen molar-refractivity contribution in [2.75, 3.05) is 13.7 Å². The molecule has 0 aliphatic rings. The van der Waals surface area contributed by atoms with Gasteiger partial charge in [0.2, 0.25) is 0 Å². The molecule has 1 heterocycles. The number of aromatic nitrogens is 2. The molecule has 0 radical (unpaired) electrons. The van der Waals surface area contributed by atoms with Crippen LogP contribution in [0.1, 0.15) is 31.0 Å². The first-order valence-corrected chi connectivity index (χ1v) is 8.14. The molecule has 0 saturated carbocycles. The molecular formula is C16H23N3OS. The van der Waals surface area contributed by atoms with Gasteiger partial charge in [0, 0.05) is 35.5 Å². The second kappa shape index (κ2) is 7.52. The van der Waals surface area contributed by atoms with Crippen molar-refractivity contribution in [2.45, 2.75) is 30.5 Å². The molecule has 1 unspecified atom stereocenters. The zero-order valence-corrected chi connectivity index (χ0v) is 13.9. The average Bonchev–Trinajstić information content (AvgIpc) is 2.90. The molecule has 1 atom stereocenters. The van der Waals surface area contributed by atoms with Gasteiger partial charge in [0.25, 0.3) is 0 Å². The second-order valence-electron chi connectivity index (χ2n) is 4.99. The number of hydrogen-bond acceptors (Lipinski definition) is 4. The van der Waals surface area contributed by atoms with Crippen LogP contribution in [0.15, 0.2) is 35.5 Å². The highest BCUT2D eigenvalue weighted by Crippen LogP contribution is 2.30. The Kier molecular flexibility index (Phi) is 5.70. The van der Waals surface area contributed by atoms with Crippen LogP contribution in [0.25, 0.3) is 0 Å². The molecule has 0 saturated heterocycles. The first kappa shape index (κ1) is 15.9. The summed E-state index contributed by atoms with van der Waals surface area (Å²) >= 11 is 1.77. The highest BCUT2D eigenvalue weighted by molar-refractivity contribution is 7.98. The molecule has 0 fully saturated rings. The summed E-state index contributed by atoms with van der Waals surface area (Å²) in [5.41, 5.74) is 2.51. The maximum Gasteiger partial charge on any atom is 0.122 e. The molecule has 1 aromatic heterocycles. The van der Waals surface area contributed by atoms with Crippen molar-refractivity contribution in [1.82, 2.24) is 15.1 Å². The molecule has 114 valence electrons. The topological polar surface area (TPSA) is 39.1 Å². The molecule has 0 aliphatic carbocycles. The number of thioether (sulfide) groups is 1. The number of hydrogen-bond donors (Lipinski definition) is 1. The van der Waals surface area contributed by atoms with Crippen LogP contribution in [0.5, 0.6) is 5.75 Å². The van der Waals surface area contributed by atoms with Crippen molar-refractivity contribution in [1.29, 1.82) is 0 Å². The van der Waals surface area contributed by atoms with Gasteiger partial charge < -0.3 is 10.1 Å². The zero-order chi connectivity index (χ0) is 15.2. The average molecular weight is 305 g/mol. The monoisotopic (exact) mass is 305 g/mol. The summed E-state index contributed by atoms with van der Waals surface area (Å²) in [6, 6.07) is 6.77. The fourth-order valence-electron chi connectivity index (χ4n) is 2.24. The Balaban J connectivity index is 2.13. The first-order valence-electron chi connectivity index (χ1n) is 7.15. The van der Waals surface area contributed by atoms with Crippen LogP contribution in [0, 0.1) is 0 Å². The van der Waals surface area contributed by atoms with Crippen molar-refractivity contribution in [3.05, 3.63) is 41.7 Å². The van der Waals surface area contributed by atoms with Gasteiger partial charge in [-0.1, -0.05) is 13.0 Å². The van der Waals surface area contributed by atoms with Crippen LogP contribution in [0.3, 0.4) is 0 Å². The Hall–Kier alpha value is -1.46. The van der Waals surface area contributed by atoms with Gasteiger partial charge in [-0.2, -0.15) is 5.10 Å². The maximum absolute atomic E-state index is 5.48. The van der Waals surface area contributed by atoms with Gasteiger partial charge >= 0.3 is 0 Å². The van der Waals surface area contributed by atoms with Gasteiger partial charge in [0.15, 0.2) is 0 Å². The van der Waals surface area contributed by atoms with Gasteiger partial charge in [-0.15, -0.1) is 11.8 Å². The van der Waals surface area contributed by atoms with Gasteiger partial charge in [-0.3, -0.25) is 4.68 Å². The molecule has 4 nitrogen and oxygen atoms in total. The highest BCUT2D eigenvalue weighted by atomic mass is 32.2. The third-order valence-electron chi connectivity index (χ3n) is 3.39. The summed E-state index contributed by atoms with van der Waals surface area (Å²) in [6.45, 7) is 5.27. The van der Waals surface area contributed by atoms with Crippen molar-refractivity contribution in [3.8, 4) is 5.75 Å². The Morgan fingerprint density at radius 1 is 1.43 bits per heavy atom. The highest BCUT2D eigenvalue weighted by Gasteiger charge is 2.10. The van der Waals surface area contributed by atoms with Crippen molar-refractivity contribution < 1.29 is 4.74 Å². The predicted molar refractivity (Wildman–Crippen MR) is 87.9 cm³/mol. The Labute approximate surface area is 130 Å². The molecule has 0 aliphatic heterocycles. The number of methoxy groups -OCH3 is 1. The third-order valence-corrected chi connectivity index (χ3v) is 4.39. The molecule has 0 bridgehead atoms. The minimum atomic E-state index is 0.350. The SMILES string of the molecule is CCNC(C)c1ccc(OC)c(CSc2cnn(C)c2)c1. The molecule has 21 heavy (non-hydrogen) atoms. The Bertz CT molecular complexity index is 583. The van der Waals surface area contributed by atoms with Crippen LogP contribution in [0.2, 0.25) is 0 Å². The maximum atomic E-state index is 5.48. The lowest BCUT2D eigenvalue weighted by Crippen LogP contribution is -2.17. The fourth-order valence-corrected chi connectivity index (χ4v) is 3.14. The minimum absolute atomic E-state index is 0.350. The van der Waals surface area contributed by atoms with Crippen LogP contribution < -0.4 is 10.1 Å². The van der Waals surface area contributed by atoms with Crippen LogP contribution in [-0.4, -0.2) is 23.4 Å². The number of ether oxygens (including phenoxy) is 1. The van der Waals surface area contributed by atoms with E-state index in [0.717, 1.165) is 18.0 Å². The van der Waals surface area contributed by atoms with E-state index in [-0.39, 0.29) is 0 Å².